The summed E-state index contributed by atoms with van der Waals surface area (Å²) in [5.74, 6) is -0.976. The van der Waals surface area contributed by atoms with Crippen LogP contribution in [0, 0.1) is 5.92 Å². The lowest BCUT2D eigenvalue weighted by Crippen LogP contribution is -2.34. The number of carbonyl (C=O) groups excluding carboxylic acids is 1. The molecule has 0 aliphatic rings. The molecule has 0 saturated carbocycles. The van der Waals surface area contributed by atoms with Gasteiger partial charge in [-0.1, -0.05) is 31.2 Å². The van der Waals surface area contributed by atoms with Crippen molar-refractivity contribution in [2.45, 2.75) is 13.5 Å². The van der Waals surface area contributed by atoms with Crippen molar-refractivity contribution in [1.29, 1.82) is 0 Å². The summed E-state index contributed by atoms with van der Waals surface area (Å²) in [6.45, 7) is 3.32. The summed E-state index contributed by atoms with van der Waals surface area (Å²) in [7, 11) is 3.61. The third-order valence-electron chi connectivity index (χ3n) is 3.13. The lowest BCUT2D eigenvalue weighted by Gasteiger charge is -2.20. The van der Waals surface area contributed by atoms with E-state index in [1.807, 2.05) is 38.2 Å². The van der Waals surface area contributed by atoms with Crippen molar-refractivity contribution in [3.63, 3.8) is 0 Å². The standard InChI is InChI=1S/C16H22N2O3/c1-12(16(21)17-2)10-18(3)11-14-6-4-13(5-7-14)8-9-15(19)20/h4-9,12H,10-11H2,1-3H3,(H,17,21)(H,19,20)/b9-8+. The number of amides is 1. The number of hydrogen-bond acceptors (Lipinski definition) is 3. The van der Waals surface area contributed by atoms with Gasteiger partial charge in [0, 0.05) is 32.1 Å². The number of hydrogen-bond donors (Lipinski definition) is 2. The summed E-state index contributed by atoms with van der Waals surface area (Å²) in [4.78, 5) is 24.0. The first-order valence-corrected chi connectivity index (χ1v) is 6.82. The number of rotatable bonds is 7. The van der Waals surface area contributed by atoms with Gasteiger partial charge in [0.15, 0.2) is 0 Å². The molecule has 1 atom stereocenters. The molecule has 0 radical (unpaired) electrons. The first-order chi connectivity index (χ1) is 9.92. The average molecular weight is 290 g/mol. The van der Waals surface area contributed by atoms with Crippen LogP contribution in [-0.4, -0.2) is 42.5 Å². The Kier molecular flexibility index (Phi) is 6.62. The molecule has 114 valence electrons. The van der Waals surface area contributed by atoms with Gasteiger partial charge in [0.25, 0.3) is 0 Å². The summed E-state index contributed by atoms with van der Waals surface area (Å²) in [6, 6.07) is 7.68. The average Bonchev–Trinajstić information content (AvgIpc) is 2.45. The van der Waals surface area contributed by atoms with Crippen LogP contribution >= 0.6 is 0 Å². The molecular weight excluding hydrogens is 268 g/mol. The lowest BCUT2D eigenvalue weighted by atomic mass is 10.1. The van der Waals surface area contributed by atoms with Crippen LogP contribution in [0.4, 0.5) is 0 Å². The van der Waals surface area contributed by atoms with Crippen molar-refractivity contribution in [2.75, 3.05) is 20.6 Å². The van der Waals surface area contributed by atoms with E-state index in [1.165, 1.54) is 0 Å². The van der Waals surface area contributed by atoms with E-state index in [0.29, 0.717) is 6.54 Å². The maximum Gasteiger partial charge on any atom is 0.328 e. The Morgan fingerprint density at radius 3 is 2.48 bits per heavy atom. The van der Waals surface area contributed by atoms with Crippen LogP contribution in [0.25, 0.3) is 6.08 Å². The molecule has 0 aliphatic heterocycles. The van der Waals surface area contributed by atoms with E-state index in [1.54, 1.807) is 13.1 Å². The zero-order chi connectivity index (χ0) is 15.8. The second kappa shape index (κ2) is 8.21. The molecule has 5 nitrogen and oxygen atoms in total. The Morgan fingerprint density at radius 1 is 1.33 bits per heavy atom. The van der Waals surface area contributed by atoms with Gasteiger partial charge in [0.1, 0.15) is 0 Å². The molecule has 0 bridgehead atoms. The molecule has 0 spiro atoms. The minimum atomic E-state index is -0.956. The van der Waals surface area contributed by atoms with Gasteiger partial charge in [-0.3, -0.25) is 4.79 Å². The van der Waals surface area contributed by atoms with Crippen LogP contribution in [0.15, 0.2) is 30.3 Å². The van der Waals surface area contributed by atoms with Crippen LogP contribution in [0.2, 0.25) is 0 Å². The molecule has 1 aromatic rings. The zero-order valence-electron chi connectivity index (χ0n) is 12.7. The van der Waals surface area contributed by atoms with E-state index in [4.69, 9.17) is 5.11 Å². The highest BCUT2D eigenvalue weighted by Crippen LogP contribution is 2.09. The predicted molar refractivity (Wildman–Crippen MR) is 82.7 cm³/mol. The van der Waals surface area contributed by atoms with Gasteiger partial charge in [0.2, 0.25) is 5.91 Å². The van der Waals surface area contributed by atoms with Crippen LogP contribution in [-0.2, 0) is 16.1 Å². The van der Waals surface area contributed by atoms with Gasteiger partial charge in [-0.2, -0.15) is 0 Å². The zero-order valence-corrected chi connectivity index (χ0v) is 12.7. The Morgan fingerprint density at radius 2 is 1.95 bits per heavy atom. The van der Waals surface area contributed by atoms with Crippen molar-refractivity contribution in [3.8, 4) is 0 Å². The van der Waals surface area contributed by atoms with Gasteiger partial charge in [0.05, 0.1) is 0 Å². The Balaban J connectivity index is 2.55. The van der Waals surface area contributed by atoms with Crippen molar-refractivity contribution in [3.05, 3.63) is 41.5 Å². The van der Waals surface area contributed by atoms with E-state index < -0.39 is 5.97 Å². The van der Waals surface area contributed by atoms with Gasteiger partial charge in [-0.25, -0.2) is 4.79 Å². The molecular formula is C16H22N2O3. The normalized spacial score (nSPS) is 12.6. The third-order valence-corrected chi connectivity index (χ3v) is 3.13. The van der Waals surface area contributed by atoms with Crippen LogP contribution in [0.5, 0.6) is 0 Å². The number of aliphatic carboxylic acids is 1. The maximum absolute atomic E-state index is 11.5. The smallest absolute Gasteiger partial charge is 0.328 e. The molecule has 0 aromatic heterocycles. The maximum atomic E-state index is 11.5. The summed E-state index contributed by atoms with van der Waals surface area (Å²) in [5, 5.41) is 11.2. The first-order valence-electron chi connectivity index (χ1n) is 6.82. The highest BCUT2D eigenvalue weighted by Gasteiger charge is 2.13. The van der Waals surface area contributed by atoms with Gasteiger partial charge < -0.3 is 15.3 Å². The molecule has 0 fully saturated rings. The monoisotopic (exact) mass is 290 g/mol. The highest BCUT2D eigenvalue weighted by atomic mass is 16.4. The first kappa shape index (κ1) is 16.9. The van der Waals surface area contributed by atoms with E-state index in [0.717, 1.165) is 23.7 Å². The molecule has 1 unspecified atom stereocenters. The summed E-state index contributed by atoms with van der Waals surface area (Å²) in [5.41, 5.74) is 1.97. The fraction of sp³-hybridized carbons (Fsp3) is 0.375. The highest BCUT2D eigenvalue weighted by molar-refractivity contribution is 5.85. The van der Waals surface area contributed by atoms with Crippen molar-refractivity contribution >= 4 is 18.0 Å². The van der Waals surface area contributed by atoms with Crippen LogP contribution < -0.4 is 5.32 Å². The molecule has 21 heavy (non-hydrogen) atoms. The lowest BCUT2D eigenvalue weighted by molar-refractivity contribution is -0.131. The second-order valence-electron chi connectivity index (χ2n) is 5.13. The topological polar surface area (TPSA) is 69.6 Å². The largest absolute Gasteiger partial charge is 0.478 e. The Bertz CT molecular complexity index is 509. The summed E-state index contributed by atoms with van der Waals surface area (Å²) >= 11 is 0. The second-order valence-corrected chi connectivity index (χ2v) is 5.13. The molecule has 1 aromatic carbocycles. The summed E-state index contributed by atoms with van der Waals surface area (Å²) < 4.78 is 0. The van der Waals surface area contributed by atoms with Crippen LogP contribution in [0.1, 0.15) is 18.1 Å². The number of carboxylic acid groups (broad SMARTS) is 1. The third kappa shape index (κ3) is 6.23. The minimum Gasteiger partial charge on any atom is -0.478 e. The molecule has 0 heterocycles. The Labute approximate surface area is 125 Å². The van der Waals surface area contributed by atoms with Crippen molar-refractivity contribution in [2.24, 2.45) is 5.92 Å². The van der Waals surface area contributed by atoms with E-state index in [9.17, 15) is 9.59 Å². The molecule has 0 saturated heterocycles. The fourth-order valence-electron chi connectivity index (χ4n) is 2.07. The molecule has 5 heteroatoms. The number of nitrogens with zero attached hydrogens (tertiary/aromatic N) is 1. The Hall–Kier alpha value is -2.14. The van der Waals surface area contributed by atoms with Crippen molar-refractivity contribution in [1.82, 2.24) is 10.2 Å². The number of carboxylic acids is 1. The minimum absolute atomic E-state index is 0.0380. The predicted octanol–water partition coefficient (Wildman–Crippen LogP) is 1.60. The summed E-state index contributed by atoms with van der Waals surface area (Å²) in [6.07, 6.45) is 2.68. The number of benzene rings is 1. The van der Waals surface area contributed by atoms with Gasteiger partial charge in [-0.15, -0.1) is 0 Å². The molecule has 0 aliphatic carbocycles. The van der Waals surface area contributed by atoms with Crippen molar-refractivity contribution < 1.29 is 14.7 Å². The fourth-order valence-corrected chi connectivity index (χ4v) is 2.07. The van der Waals surface area contributed by atoms with Crippen LogP contribution in [0.3, 0.4) is 0 Å². The van der Waals surface area contributed by atoms with E-state index >= 15 is 0 Å². The molecule has 1 rings (SSSR count). The molecule has 1 amide bonds. The number of nitrogens with one attached hydrogen (secondary N) is 1. The number of carbonyl (C=O) groups is 2. The van der Waals surface area contributed by atoms with Gasteiger partial charge in [-0.05, 0) is 24.3 Å². The van der Waals surface area contributed by atoms with Gasteiger partial charge >= 0.3 is 5.97 Å². The SMILES string of the molecule is CNC(=O)C(C)CN(C)Cc1ccc(/C=C/C(=O)O)cc1. The molecule has 2 N–H and O–H groups in total. The van der Waals surface area contributed by atoms with E-state index in [-0.39, 0.29) is 11.8 Å². The van der Waals surface area contributed by atoms with E-state index in [2.05, 4.69) is 10.2 Å². The quantitative estimate of drug-likeness (QED) is 0.748.